The van der Waals surface area contributed by atoms with E-state index in [0.717, 1.165) is 12.8 Å². The molecule has 0 bridgehead atoms. The maximum Gasteiger partial charge on any atom is 0.257 e. The Balaban J connectivity index is 1.83. The maximum atomic E-state index is 14.7. The number of nitrogens with zero attached hydrogens (tertiary/aromatic N) is 4. The number of benzene rings is 1. The van der Waals surface area contributed by atoms with Crippen molar-refractivity contribution in [2.45, 2.75) is 25.3 Å². The van der Waals surface area contributed by atoms with E-state index in [4.69, 9.17) is 0 Å². The average molecular weight is 494 g/mol. The summed E-state index contributed by atoms with van der Waals surface area (Å²) in [4.78, 5) is 21.7. The summed E-state index contributed by atoms with van der Waals surface area (Å²) < 4.78 is 35.0. The number of rotatable bonds is 2. The van der Waals surface area contributed by atoms with Crippen LogP contribution in [0.4, 0.5) is 4.39 Å². The molecule has 1 N–H and O–H groups in total. The number of carbonyl (C=O) groups excluding carboxylic acids is 1. The molecule has 10 heteroatoms. The lowest BCUT2D eigenvalue weighted by Crippen LogP contribution is -2.55. The number of aromatic nitrogens is 1. The van der Waals surface area contributed by atoms with Crippen molar-refractivity contribution in [3.8, 4) is 0 Å². The summed E-state index contributed by atoms with van der Waals surface area (Å²) in [6.45, 7) is 2.56. The van der Waals surface area contributed by atoms with Crippen molar-refractivity contribution in [2.75, 3.05) is 18.8 Å². The lowest BCUT2D eigenvalue weighted by molar-refractivity contribution is 0.0973. The van der Waals surface area contributed by atoms with Gasteiger partial charge in [0, 0.05) is 12.1 Å². The van der Waals surface area contributed by atoms with Crippen molar-refractivity contribution < 1.29 is 13.4 Å². The van der Waals surface area contributed by atoms with Gasteiger partial charge in [0.2, 0.25) is 5.96 Å². The molecule has 2 aromatic rings. The van der Waals surface area contributed by atoms with E-state index in [1.165, 1.54) is 12.1 Å². The molecule has 2 aliphatic heterocycles. The van der Waals surface area contributed by atoms with Gasteiger partial charge in [-0.3, -0.25) is 14.4 Å². The van der Waals surface area contributed by atoms with E-state index in [-0.39, 0.29) is 23.3 Å². The zero-order valence-electron chi connectivity index (χ0n) is 16.3. The number of hydrogen-bond acceptors (Lipinski definition) is 5. The molecule has 4 rings (SSSR count). The van der Waals surface area contributed by atoms with Crippen LogP contribution < -0.4 is 5.32 Å². The lowest BCUT2D eigenvalue weighted by Gasteiger charge is -2.39. The molecule has 0 spiro atoms. The van der Waals surface area contributed by atoms with Crippen LogP contribution in [-0.2, 0) is 15.5 Å². The monoisotopic (exact) mass is 493 g/mol. The Kier molecular flexibility index (Phi) is 5.63. The zero-order chi connectivity index (χ0) is 21.4. The molecule has 0 radical (unpaired) electrons. The van der Waals surface area contributed by atoms with Crippen LogP contribution >= 0.6 is 15.9 Å². The van der Waals surface area contributed by atoms with Gasteiger partial charge >= 0.3 is 0 Å². The SMILES string of the molecule is C[C@@]1(c2nc(Br)ccc2F)CS2(=O)=NCCCCN2C(NC(=O)c2ccccc2)=N1. The van der Waals surface area contributed by atoms with Crippen LogP contribution in [-0.4, -0.2) is 44.2 Å². The van der Waals surface area contributed by atoms with E-state index in [1.807, 2.05) is 6.07 Å². The summed E-state index contributed by atoms with van der Waals surface area (Å²) in [5.41, 5.74) is -0.753. The molecule has 1 aromatic heterocycles. The number of halogens is 2. The van der Waals surface area contributed by atoms with Gasteiger partial charge in [0.25, 0.3) is 5.91 Å². The number of amides is 1. The predicted octanol–water partition coefficient (Wildman–Crippen LogP) is 3.48. The standard InChI is InChI=1S/C20H21BrFN5O2S/c1-20(17-15(22)9-10-16(21)24-17)13-30(29)23-11-5-6-12-27(30)19(26-20)25-18(28)14-7-3-2-4-8-14/h2-4,7-10H,5-6,11-13H2,1H3,(H,25,26,28)/t20-,30?/m0/s1. The van der Waals surface area contributed by atoms with Gasteiger partial charge in [0.15, 0.2) is 0 Å². The summed E-state index contributed by atoms with van der Waals surface area (Å²) in [5, 5.41) is 2.78. The van der Waals surface area contributed by atoms with Gasteiger partial charge in [-0.05, 0) is 60.0 Å². The van der Waals surface area contributed by atoms with Gasteiger partial charge in [0.05, 0.1) is 12.3 Å². The van der Waals surface area contributed by atoms with E-state index in [2.05, 4.69) is 35.6 Å². The minimum atomic E-state index is -2.94. The highest BCUT2D eigenvalue weighted by Crippen LogP contribution is 2.35. The van der Waals surface area contributed by atoms with Gasteiger partial charge in [-0.1, -0.05) is 18.2 Å². The Labute approximate surface area is 183 Å². The molecule has 1 aromatic carbocycles. The first-order valence-electron chi connectivity index (χ1n) is 9.58. The molecule has 1 unspecified atom stereocenters. The van der Waals surface area contributed by atoms with Crippen molar-refractivity contribution in [3.05, 3.63) is 64.1 Å². The van der Waals surface area contributed by atoms with Crippen molar-refractivity contribution >= 4 is 37.7 Å². The second-order valence-electron chi connectivity index (χ2n) is 7.41. The number of nitrogens with one attached hydrogen (secondary N) is 1. The molecule has 30 heavy (non-hydrogen) atoms. The quantitative estimate of drug-likeness (QED) is 0.649. The van der Waals surface area contributed by atoms with Crippen LogP contribution in [0.3, 0.4) is 0 Å². The number of hydrogen-bond donors (Lipinski definition) is 1. The summed E-state index contributed by atoms with van der Waals surface area (Å²) in [6, 6.07) is 11.5. The number of fused-ring (bicyclic) bond motifs is 1. The highest BCUT2D eigenvalue weighted by molar-refractivity contribution is 9.10. The predicted molar refractivity (Wildman–Crippen MR) is 117 cm³/mol. The smallest absolute Gasteiger partial charge is 0.257 e. The van der Waals surface area contributed by atoms with Gasteiger partial charge < -0.3 is 0 Å². The zero-order valence-corrected chi connectivity index (χ0v) is 18.7. The third-order valence-electron chi connectivity index (χ3n) is 5.05. The minimum Gasteiger partial charge on any atom is -0.292 e. The van der Waals surface area contributed by atoms with Crippen molar-refractivity contribution in [1.29, 1.82) is 0 Å². The van der Waals surface area contributed by atoms with Crippen LogP contribution in [0.1, 0.15) is 35.8 Å². The van der Waals surface area contributed by atoms with E-state index in [0.29, 0.717) is 23.3 Å². The van der Waals surface area contributed by atoms with Crippen LogP contribution in [0.25, 0.3) is 0 Å². The molecule has 3 heterocycles. The van der Waals surface area contributed by atoms with Crippen LogP contribution in [0.2, 0.25) is 0 Å². The Morgan fingerprint density at radius 3 is 2.77 bits per heavy atom. The molecule has 0 fully saturated rings. The van der Waals surface area contributed by atoms with Crippen LogP contribution in [0, 0.1) is 5.82 Å². The van der Waals surface area contributed by atoms with Crippen molar-refractivity contribution in [1.82, 2.24) is 14.6 Å². The second-order valence-corrected chi connectivity index (χ2v) is 10.4. The number of aliphatic imine (C=N–C) groups is 1. The molecule has 158 valence electrons. The first kappa shape index (κ1) is 20.9. The Hall–Kier alpha value is -2.33. The summed E-state index contributed by atoms with van der Waals surface area (Å²) in [6.07, 6.45) is 1.55. The average Bonchev–Trinajstić information content (AvgIpc) is 2.91. The fraction of sp³-hybridized carbons (Fsp3) is 0.350. The Bertz CT molecular complexity index is 1130. The van der Waals surface area contributed by atoms with Gasteiger partial charge in [-0.15, -0.1) is 0 Å². The highest BCUT2D eigenvalue weighted by atomic mass is 79.9. The summed E-state index contributed by atoms with van der Waals surface area (Å²) in [7, 11) is -2.94. The van der Waals surface area contributed by atoms with E-state index < -0.39 is 21.3 Å². The third-order valence-corrected chi connectivity index (χ3v) is 8.06. The van der Waals surface area contributed by atoms with E-state index in [9.17, 15) is 13.4 Å². The Morgan fingerprint density at radius 1 is 1.23 bits per heavy atom. The van der Waals surface area contributed by atoms with Crippen LogP contribution in [0.15, 0.2) is 56.4 Å². The topological polar surface area (TPSA) is 87.0 Å². The molecular weight excluding hydrogens is 473 g/mol. The third kappa shape index (κ3) is 3.98. The molecule has 0 aliphatic carbocycles. The summed E-state index contributed by atoms with van der Waals surface area (Å²) in [5.74, 6) is -0.810. The number of carbonyl (C=O) groups is 1. The fourth-order valence-electron chi connectivity index (χ4n) is 3.61. The number of pyridine rings is 1. The second kappa shape index (κ2) is 8.07. The first-order chi connectivity index (χ1) is 14.3. The van der Waals surface area contributed by atoms with Crippen molar-refractivity contribution in [2.24, 2.45) is 9.36 Å². The maximum absolute atomic E-state index is 14.7. The van der Waals surface area contributed by atoms with E-state index >= 15 is 0 Å². The molecular formula is C20H21BrFN5O2S. The van der Waals surface area contributed by atoms with E-state index in [1.54, 1.807) is 35.5 Å². The molecule has 0 saturated heterocycles. The van der Waals surface area contributed by atoms with Crippen molar-refractivity contribution in [3.63, 3.8) is 0 Å². The van der Waals surface area contributed by atoms with Gasteiger partial charge in [-0.2, -0.15) is 0 Å². The molecule has 2 atom stereocenters. The van der Waals surface area contributed by atoms with Gasteiger partial charge in [0.1, 0.15) is 31.6 Å². The minimum absolute atomic E-state index is 0.00885. The summed E-state index contributed by atoms with van der Waals surface area (Å²) >= 11 is 3.27. The molecule has 7 nitrogen and oxygen atoms in total. The number of guanidine groups is 1. The van der Waals surface area contributed by atoms with Gasteiger partial charge in [-0.25, -0.2) is 22.9 Å². The Morgan fingerprint density at radius 2 is 2.00 bits per heavy atom. The lowest BCUT2D eigenvalue weighted by atomic mass is 10.00. The van der Waals surface area contributed by atoms with Crippen LogP contribution in [0.5, 0.6) is 0 Å². The first-order valence-corrected chi connectivity index (χ1v) is 12.0. The highest BCUT2D eigenvalue weighted by Gasteiger charge is 2.44. The molecule has 2 aliphatic rings. The molecule has 0 saturated carbocycles. The fourth-order valence-corrected chi connectivity index (χ4v) is 6.43. The largest absolute Gasteiger partial charge is 0.292 e. The molecule has 1 amide bonds. The normalized spacial score (nSPS) is 26.1.